The van der Waals surface area contributed by atoms with E-state index in [-0.39, 0.29) is 18.4 Å². The average Bonchev–Trinajstić information content (AvgIpc) is 2.47. The van der Waals surface area contributed by atoms with E-state index in [9.17, 15) is 14.4 Å². The molecule has 0 bridgehead atoms. The Kier molecular flexibility index (Phi) is 3.65. The molecule has 1 heterocycles. The molecule has 1 aliphatic rings. The van der Waals surface area contributed by atoms with Crippen LogP contribution >= 0.6 is 0 Å². The molecule has 84 valence electrons. The van der Waals surface area contributed by atoms with E-state index in [1.54, 1.807) is 4.90 Å². The van der Waals surface area contributed by atoms with E-state index in [4.69, 9.17) is 0 Å². The summed E-state index contributed by atoms with van der Waals surface area (Å²) < 4.78 is 0. The average molecular weight is 213 g/mol. The van der Waals surface area contributed by atoms with E-state index in [1.807, 2.05) is 13.8 Å². The zero-order chi connectivity index (χ0) is 11.4. The molecule has 1 aliphatic heterocycles. The van der Waals surface area contributed by atoms with Crippen molar-refractivity contribution in [3.63, 3.8) is 0 Å². The number of imide groups is 1. The van der Waals surface area contributed by atoms with Gasteiger partial charge in [-0.25, -0.2) is 4.79 Å². The van der Waals surface area contributed by atoms with Crippen LogP contribution in [-0.2, 0) is 9.59 Å². The van der Waals surface area contributed by atoms with Crippen LogP contribution in [0.5, 0.6) is 0 Å². The number of carbonyl (C=O) groups is 3. The second-order valence-electron chi connectivity index (χ2n) is 3.29. The fourth-order valence-corrected chi connectivity index (χ4v) is 1.42. The van der Waals surface area contributed by atoms with Gasteiger partial charge in [-0.3, -0.25) is 14.9 Å². The largest absolute Gasteiger partial charge is 0.326 e. The Labute approximate surface area is 88.0 Å². The van der Waals surface area contributed by atoms with Crippen molar-refractivity contribution >= 4 is 17.8 Å². The van der Waals surface area contributed by atoms with Crippen LogP contribution in [0.4, 0.5) is 4.79 Å². The lowest BCUT2D eigenvalue weighted by atomic mass is 10.2. The predicted molar refractivity (Wildman–Crippen MR) is 53.0 cm³/mol. The van der Waals surface area contributed by atoms with Crippen molar-refractivity contribution in [2.75, 3.05) is 13.1 Å². The van der Waals surface area contributed by atoms with Gasteiger partial charge in [-0.2, -0.15) is 0 Å². The molecule has 1 rings (SSSR count). The smallest absolute Gasteiger partial charge is 0.318 e. The van der Waals surface area contributed by atoms with Gasteiger partial charge >= 0.3 is 6.03 Å². The molecule has 4 amide bonds. The second kappa shape index (κ2) is 4.77. The van der Waals surface area contributed by atoms with Gasteiger partial charge in [-0.15, -0.1) is 0 Å². The van der Waals surface area contributed by atoms with Gasteiger partial charge in [0.05, 0.1) is 6.42 Å². The van der Waals surface area contributed by atoms with Gasteiger partial charge in [0, 0.05) is 13.1 Å². The zero-order valence-electron chi connectivity index (χ0n) is 8.87. The van der Waals surface area contributed by atoms with Crippen molar-refractivity contribution in [3.8, 4) is 0 Å². The summed E-state index contributed by atoms with van der Waals surface area (Å²) in [5.74, 6) is -0.773. The molecule has 0 aromatic carbocycles. The third kappa shape index (κ3) is 2.68. The number of nitrogens with one attached hydrogen (secondary N) is 2. The minimum absolute atomic E-state index is 0.0336. The standard InChI is InChI=1S/C9H15N3O3/c1-3-12(4-2)9(15)10-6-5-7(13)11-8(6)14/h6H,3-5H2,1-2H3,(H,10,15)(H,11,13,14). The quantitative estimate of drug-likeness (QED) is 0.617. The summed E-state index contributed by atoms with van der Waals surface area (Å²) in [7, 11) is 0. The van der Waals surface area contributed by atoms with Gasteiger partial charge in [-0.1, -0.05) is 0 Å². The first-order valence-electron chi connectivity index (χ1n) is 4.97. The minimum atomic E-state index is -0.717. The summed E-state index contributed by atoms with van der Waals surface area (Å²) in [6.07, 6.45) is 0.0336. The maximum atomic E-state index is 11.5. The molecule has 1 fully saturated rings. The number of urea groups is 1. The molecule has 0 radical (unpaired) electrons. The van der Waals surface area contributed by atoms with Crippen LogP contribution in [0.1, 0.15) is 20.3 Å². The summed E-state index contributed by atoms with van der Waals surface area (Å²) in [6.45, 7) is 4.85. The predicted octanol–water partition coefficient (Wildman–Crippen LogP) is -0.547. The van der Waals surface area contributed by atoms with Crippen molar-refractivity contribution in [1.29, 1.82) is 0 Å². The van der Waals surface area contributed by atoms with E-state index in [2.05, 4.69) is 10.6 Å². The van der Waals surface area contributed by atoms with E-state index in [0.717, 1.165) is 0 Å². The topological polar surface area (TPSA) is 78.5 Å². The van der Waals surface area contributed by atoms with Crippen LogP contribution in [0.25, 0.3) is 0 Å². The van der Waals surface area contributed by atoms with Crippen LogP contribution in [0, 0.1) is 0 Å². The SMILES string of the molecule is CCN(CC)C(=O)NC1CC(=O)NC1=O. The monoisotopic (exact) mass is 213 g/mol. The van der Waals surface area contributed by atoms with E-state index >= 15 is 0 Å². The third-order valence-corrected chi connectivity index (χ3v) is 2.32. The van der Waals surface area contributed by atoms with E-state index in [0.29, 0.717) is 13.1 Å². The Morgan fingerprint density at radius 2 is 2.07 bits per heavy atom. The molecular weight excluding hydrogens is 198 g/mol. The Balaban J connectivity index is 2.51. The summed E-state index contributed by atoms with van der Waals surface area (Å²) >= 11 is 0. The van der Waals surface area contributed by atoms with Crippen LogP contribution in [0.2, 0.25) is 0 Å². The second-order valence-corrected chi connectivity index (χ2v) is 3.29. The molecule has 1 unspecified atom stereocenters. The molecule has 2 N–H and O–H groups in total. The Hall–Kier alpha value is -1.59. The van der Waals surface area contributed by atoms with Crippen molar-refractivity contribution < 1.29 is 14.4 Å². The summed E-state index contributed by atoms with van der Waals surface area (Å²) in [5.41, 5.74) is 0. The number of amides is 4. The maximum absolute atomic E-state index is 11.5. The Bertz CT molecular complexity index is 286. The van der Waals surface area contributed by atoms with Crippen LogP contribution in [0.15, 0.2) is 0 Å². The summed E-state index contributed by atoms with van der Waals surface area (Å²) in [4.78, 5) is 35.1. The first-order chi connectivity index (χ1) is 7.08. The Morgan fingerprint density at radius 3 is 2.47 bits per heavy atom. The number of hydrogen-bond acceptors (Lipinski definition) is 3. The highest BCUT2D eigenvalue weighted by atomic mass is 16.2. The van der Waals surface area contributed by atoms with E-state index < -0.39 is 11.9 Å². The van der Waals surface area contributed by atoms with Crippen LogP contribution in [-0.4, -0.2) is 41.9 Å². The molecule has 1 saturated heterocycles. The highest BCUT2D eigenvalue weighted by Crippen LogP contribution is 2.02. The lowest BCUT2D eigenvalue weighted by Crippen LogP contribution is -2.47. The number of hydrogen-bond donors (Lipinski definition) is 2. The van der Waals surface area contributed by atoms with Crippen molar-refractivity contribution in [3.05, 3.63) is 0 Å². The fraction of sp³-hybridized carbons (Fsp3) is 0.667. The zero-order valence-corrected chi connectivity index (χ0v) is 8.87. The number of rotatable bonds is 3. The molecular formula is C9H15N3O3. The van der Waals surface area contributed by atoms with Crippen molar-refractivity contribution in [1.82, 2.24) is 15.5 Å². The van der Waals surface area contributed by atoms with Gasteiger partial charge < -0.3 is 10.2 Å². The molecule has 0 aromatic rings. The maximum Gasteiger partial charge on any atom is 0.318 e. The first kappa shape index (κ1) is 11.5. The highest BCUT2D eigenvalue weighted by Gasteiger charge is 2.32. The first-order valence-corrected chi connectivity index (χ1v) is 4.97. The third-order valence-electron chi connectivity index (χ3n) is 2.32. The van der Waals surface area contributed by atoms with Gasteiger partial charge in [0.1, 0.15) is 6.04 Å². The number of carbonyl (C=O) groups excluding carboxylic acids is 3. The van der Waals surface area contributed by atoms with Crippen molar-refractivity contribution in [2.45, 2.75) is 26.3 Å². The lowest BCUT2D eigenvalue weighted by Gasteiger charge is -2.20. The highest BCUT2D eigenvalue weighted by molar-refractivity contribution is 6.06. The minimum Gasteiger partial charge on any atom is -0.326 e. The van der Waals surface area contributed by atoms with Gasteiger partial charge in [0.25, 0.3) is 0 Å². The van der Waals surface area contributed by atoms with Crippen LogP contribution < -0.4 is 10.6 Å². The fourth-order valence-electron chi connectivity index (χ4n) is 1.42. The molecule has 0 saturated carbocycles. The Morgan fingerprint density at radius 1 is 1.47 bits per heavy atom. The van der Waals surface area contributed by atoms with Crippen molar-refractivity contribution in [2.24, 2.45) is 0 Å². The van der Waals surface area contributed by atoms with Crippen LogP contribution in [0.3, 0.4) is 0 Å². The summed E-state index contributed by atoms with van der Waals surface area (Å²) in [6, 6.07) is -1.03. The molecule has 0 spiro atoms. The molecule has 6 nitrogen and oxygen atoms in total. The lowest BCUT2D eigenvalue weighted by molar-refractivity contribution is -0.125. The molecule has 15 heavy (non-hydrogen) atoms. The molecule has 1 atom stereocenters. The normalized spacial score (nSPS) is 20.0. The summed E-state index contributed by atoms with van der Waals surface area (Å²) in [5, 5.41) is 4.65. The van der Waals surface area contributed by atoms with Gasteiger partial charge in [0.2, 0.25) is 11.8 Å². The number of nitrogens with zero attached hydrogens (tertiary/aromatic N) is 1. The van der Waals surface area contributed by atoms with Gasteiger partial charge in [0.15, 0.2) is 0 Å². The molecule has 0 aromatic heterocycles. The van der Waals surface area contributed by atoms with E-state index in [1.165, 1.54) is 0 Å². The van der Waals surface area contributed by atoms with Gasteiger partial charge in [-0.05, 0) is 13.8 Å². The molecule has 6 heteroatoms. The molecule has 0 aliphatic carbocycles.